The minimum atomic E-state index is -5.19. The molecule has 0 spiro atoms. The molecule has 0 saturated heterocycles. The molecule has 1 heterocycles. The molecule has 0 aliphatic carbocycles. The fraction of sp³-hybridized carbons (Fsp3) is 0.195. The van der Waals surface area contributed by atoms with Gasteiger partial charge in [0, 0.05) is 30.3 Å². The number of hydrogen-bond acceptors (Lipinski definition) is 9. The van der Waals surface area contributed by atoms with E-state index in [0.29, 0.717) is 16.8 Å². The third-order valence-electron chi connectivity index (χ3n) is 8.37. The van der Waals surface area contributed by atoms with Crippen molar-refractivity contribution in [2.45, 2.75) is 58.8 Å². The number of carboxylic acids is 1. The summed E-state index contributed by atoms with van der Waals surface area (Å²) in [5.74, 6) is -6.24. The van der Waals surface area contributed by atoms with Gasteiger partial charge in [-0.3, -0.25) is 24.0 Å². The van der Waals surface area contributed by atoms with Gasteiger partial charge in [-0.25, -0.2) is 4.98 Å². The number of benzene rings is 4. The molecule has 8 N–H and O–H groups in total. The average Bonchev–Trinajstić information content (AvgIpc) is 3.74. The fourth-order valence-corrected chi connectivity index (χ4v) is 7.45. The van der Waals surface area contributed by atoms with Gasteiger partial charge in [0.2, 0.25) is 23.6 Å². The molecule has 3 atom stereocenters. The van der Waals surface area contributed by atoms with Crippen molar-refractivity contribution in [1.29, 1.82) is 0 Å². The highest BCUT2D eigenvalue weighted by Crippen LogP contribution is 2.31. The molecule has 15 nitrogen and oxygen atoms in total. The molecule has 1 aromatic heterocycles. The molecule has 0 radical (unpaired) electrons. The average molecular weight is 848 g/mol. The lowest BCUT2D eigenvalue weighted by Gasteiger charge is -2.23. The van der Waals surface area contributed by atoms with E-state index < -0.39 is 77.2 Å². The van der Waals surface area contributed by atoms with Gasteiger partial charge in [-0.1, -0.05) is 48.5 Å². The summed E-state index contributed by atoms with van der Waals surface area (Å²) >= 11 is 0. The number of H-pyrrole nitrogens is 1. The van der Waals surface area contributed by atoms with E-state index in [9.17, 15) is 42.3 Å². The molecule has 0 fully saturated rings. The van der Waals surface area contributed by atoms with Crippen LogP contribution in [0.3, 0.4) is 0 Å². The third-order valence-corrected chi connectivity index (χ3v) is 10.6. The van der Waals surface area contributed by atoms with Gasteiger partial charge >= 0.3 is 6.18 Å². The van der Waals surface area contributed by atoms with Crippen molar-refractivity contribution in [2.75, 3.05) is 6.54 Å². The lowest BCUT2D eigenvalue weighted by molar-refractivity contribution is -0.344. The predicted molar refractivity (Wildman–Crippen MR) is 210 cm³/mol. The number of hydrogen-bond donors (Lipinski definition) is 7. The van der Waals surface area contributed by atoms with E-state index >= 15 is 0 Å². The minimum Gasteiger partial charge on any atom is -0.542 e. The number of aromatic hydroxyl groups is 1. The van der Waals surface area contributed by atoms with Crippen LogP contribution in [0, 0.1) is 0 Å². The maximum absolute atomic E-state index is 13.4. The Balaban J connectivity index is 0.00000104. The Morgan fingerprint density at radius 2 is 1.32 bits per heavy atom. The number of phenols is 1. The normalized spacial score (nSPS) is 12.4. The number of nitrogens with zero attached hydrogens (tertiary/aromatic N) is 1. The molecule has 60 heavy (non-hydrogen) atoms. The first-order valence-electron chi connectivity index (χ1n) is 18.0. The Morgan fingerprint density at radius 1 is 0.767 bits per heavy atom. The molecule has 5 rings (SSSR count). The Hall–Kier alpha value is -7.15. The Kier molecular flexibility index (Phi) is 16.4. The number of primary amides is 1. The first kappa shape index (κ1) is 45.6. The summed E-state index contributed by atoms with van der Waals surface area (Å²) in [6.45, 7) is 0.997. The van der Waals surface area contributed by atoms with Crippen molar-refractivity contribution in [3.8, 4) is 5.75 Å². The Labute approximate surface area is 344 Å². The Bertz CT molecular complexity index is 2170. The molecule has 19 heteroatoms. The number of nitrogens with one attached hydrogen (secondary N) is 5. The number of aromatic nitrogens is 2. The monoisotopic (exact) mass is 847 g/mol. The number of imidazole rings is 1. The second-order valence-electron chi connectivity index (χ2n) is 12.9. The molecule has 314 valence electrons. The first-order valence-corrected chi connectivity index (χ1v) is 19.2. The summed E-state index contributed by atoms with van der Waals surface area (Å²) in [6.07, 6.45) is -2.19. The quantitative estimate of drug-likeness (QED) is 0.0713. The number of carboxylic acid groups (broad SMARTS) is 1. The molecule has 5 amide bonds. The van der Waals surface area contributed by atoms with Crippen LogP contribution in [0.15, 0.2) is 136 Å². The van der Waals surface area contributed by atoms with Gasteiger partial charge in [0.15, 0.2) is 14.7 Å². The number of carbonyl (C=O) groups excluding carboxylic acids is 6. The maximum atomic E-state index is 13.4. The zero-order valence-electron chi connectivity index (χ0n) is 31.8. The number of halogens is 3. The highest BCUT2D eigenvalue weighted by atomic mass is 32.2. The van der Waals surface area contributed by atoms with Crippen molar-refractivity contribution in [2.24, 2.45) is 5.73 Å². The number of rotatable bonds is 16. The zero-order chi connectivity index (χ0) is 43.8. The summed E-state index contributed by atoms with van der Waals surface area (Å²) in [5.41, 5.74) is 7.02. The minimum absolute atomic E-state index is 0.0100. The fourth-order valence-electron chi connectivity index (χ4n) is 5.36. The van der Waals surface area contributed by atoms with Crippen LogP contribution < -0.4 is 32.1 Å². The molecular formula is C41H40F3N7O8S. The van der Waals surface area contributed by atoms with Gasteiger partial charge in [-0.15, -0.1) is 0 Å². The SMILES string of the molecule is C[C@H](NC(=O)[C@H](Cc1ccc(O)cc1)NC(=O)CNC(=O)c1ccc([S+](c2ccccc2)c2ccccc2)cc1)C(=O)N[C@@H](Cc1cnc[nH]1)C(N)=O.O=C([O-])C(F)(F)F. The van der Waals surface area contributed by atoms with Crippen molar-refractivity contribution in [1.82, 2.24) is 31.2 Å². The molecule has 0 saturated carbocycles. The standard InChI is InChI=1S/C39H39N7O6S.C2HF3O2/c1-25(37(50)46-33(36(40)49)21-28-22-41-24-43-28)44-39(52)34(20-26-12-16-29(47)17-13-26)45-35(48)23-42-38(51)27-14-18-32(19-15-27)53(30-8-4-2-5-9-30)31-10-6-3-7-11-31;3-2(4,5)1(6)7/h2-19,22,24-25,33-34H,20-21,23H2,1H3,(H7-,40,41,42,43,44,45,46,47,48,49,50,51,52);(H,6,7)/t25-,33-,34-;/m0./s1. The smallest absolute Gasteiger partial charge is 0.430 e. The van der Waals surface area contributed by atoms with Crippen LogP contribution in [0.5, 0.6) is 5.75 Å². The van der Waals surface area contributed by atoms with Gasteiger partial charge in [0.1, 0.15) is 29.8 Å². The van der Waals surface area contributed by atoms with Crippen LogP contribution in [0.25, 0.3) is 0 Å². The van der Waals surface area contributed by atoms with E-state index in [1.54, 1.807) is 24.3 Å². The second kappa shape index (κ2) is 21.6. The van der Waals surface area contributed by atoms with Crippen LogP contribution in [0.4, 0.5) is 13.2 Å². The van der Waals surface area contributed by atoms with Gasteiger partial charge in [0.05, 0.1) is 23.8 Å². The van der Waals surface area contributed by atoms with Crippen LogP contribution >= 0.6 is 0 Å². The van der Waals surface area contributed by atoms with Crippen molar-refractivity contribution in [3.05, 3.63) is 139 Å². The number of aromatic amines is 1. The van der Waals surface area contributed by atoms with Crippen molar-refractivity contribution in [3.63, 3.8) is 0 Å². The van der Waals surface area contributed by atoms with Crippen LogP contribution in [-0.2, 0) is 47.7 Å². The van der Waals surface area contributed by atoms with E-state index in [2.05, 4.69) is 55.5 Å². The highest BCUT2D eigenvalue weighted by molar-refractivity contribution is 7.97. The molecular weight excluding hydrogens is 808 g/mol. The first-order chi connectivity index (χ1) is 28.5. The van der Waals surface area contributed by atoms with Gasteiger partial charge < -0.3 is 47.0 Å². The number of nitrogens with two attached hydrogens (primary N) is 1. The lowest BCUT2D eigenvalue weighted by atomic mass is 10.0. The number of alkyl halides is 3. The third kappa shape index (κ3) is 14.0. The van der Waals surface area contributed by atoms with Crippen molar-refractivity contribution >= 4 is 46.4 Å². The van der Waals surface area contributed by atoms with E-state index in [1.165, 1.54) is 31.6 Å². The van der Waals surface area contributed by atoms with Gasteiger partial charge in [0.25, 0.3) is 5.91 Å². The van der Waals surface area contributed by atoms with Crippen molar-refractivity contribution < 1.29 is 52.2 Å². The molecule has 0 bridgehead atoms. The van der Waals surface area contributed by atoms with Gasteiger partial charge in [-0.05, 0) is 73.2 Å². The number of aliphatic carboxylic acids is 1. The van der Waals surface area contributed by atoms with Crippen LogP contribution in [0.2, 0.25) is 0 Å². The van der Waals surface area contributed by atoms with Crippen LogP contribution in [-0.4, -0.2) is 81.4 Å². The second-order valence-corrected chi connectivity index (χ2v) is 14.9. The number of amides is 5. The molecule has 0 aliphatic rings. The highest BCUT2D eigenvalue weighted by Gasteiger charge is 2.30. The zero-order valence-corrected chi connectivity index (χ0v) is 32.6. The Morgan fingerprint density at radius 3 is 1.82 bits per heavy atom. The number of carbonyl (C=O) groups is 6. The summed E-state index contributed by atoms with van der Waals surface area (Å²) in [7, 11) is -0.393. The van der Waals surface area contributed by atoms with E-state index in [-0.39, 0.29) is 18.6 Å². The lowest BCUT2D eigenvalue weighted by Crippen LogP contribution is -2.56. The molecule has 0 unspecified atom stereocenters. The largest absolute Gasteiger partial charge is 0.542 e. The summed E-state index contributed by atoms with van der Waals surface area (Å²) < 4.78 is 31.5. The molecule has 5 aromatic rings. The maximum Gasteiger partial charge on any atom is 0.430 e. The van der Waals surface area contributed by atoms with E-state index in [1.807, 2.05) is 48.5 Å². The van der Waals surface area contributed by atoms with E-state index in [0.717, 1.165) is 14.7 Å². The van der Waals surface area contributed by atoms with Gasteiger partial charge in [-0.2, -0.15) is 13.2 Å². The summed E-state index contributed by atoms with van der Waals surface area (Å²) in [6, 6.07) is 30.2. The topological polar surface area (TPSA) is 249 Å². The van der Waals surface area contributed by atoms with E-state index in [4.69, 9.17) is 15.6 Å². The number of phenolic OH excluding ortho intramolecular Hbond substituents is 1. The predicted octanol–water partition coefficient (Wildman–Crippen LogP) is 1.68. The van der Waals surface area contributed by atoms with Crippen LogP contribution in [0.1, 0.15) is 28.5 Å². The molecule has 0 aliphatic heterocycles. The summed E-state index contributed by atoms with van der Waals surface area (Å²) in [4.78, 5) is 83.4. The summed E-state index contributed by atoms with van der Waals surface area (Å²) in [5, 5.41) is 28.8. The molecule has 4 aromatic carbocycles.